The number of nitrogens with zero attached hydrogens (tertiary/aromatic N) is 2. The lowest BCUT2D eigenvalue weighted by atomic mass is 9.66. The summed E-state index contributed by atoms with van der Waals surface area (Å²) in [4.78, 5) is 6.42. The first kappa shape index (κ1) is 43.7. The minimum absolute atomic E-state index is 0.603. The van der Waals surface area contributed by atoms with E-state index in [1.54, 1.807) is 11.3 Å². The Balaban J connectivity index is 0.845. The van der Waals surface area contributed by atoms with Gasteiger partial charge in [-0.15, -0.1) is 0 Å². The summed E-state index contributed by atoms with van der Waals surface area (Å²) < 4.78 is 0. The molecule has 0 aromatic carbocycles. The highest BCUT2D eigenvalue weighted by Gasteiger charge is 2.45. The number of allylic oxidation sites excluding steroid dienone is 13. The van der Waals surface area contributed by atoms with Crippen LogP contribution in [0.25, 0.3) is 0 Å². The SMILES string of the molecule is C1=CCC(C2CCC(C3CCC(N(C4=CCCCC4)C4CCCCC4C4CCCC=C4N(C4CCCCC4)[C@H]4C=CC(C5=CCC(C6C=CCCC6)CC5)CC4)CC3)CC2)C=C1. The molecule has 0 heterocycles. The summed E-state index contributed by atoms with van der Waals surface area (Å²) in [5.41, 5.74) is 5.45. The van der Waals surface area contributed by atoms with Crippen molar-refractivity contribution in [2.75, 3.05) is 0 Å². The van der Waals surface area contributed by atoms with E-state index in [4.69, 9.17) is 0 Å². The molecule has 62 heavy (non-hydrogen) atoms. The summed E-state index contributed by atoms with van der Waals surface area (Å²) in [5, 5.41) is 0. The highest BCUT2D eigenvalue weighted by atomic mass is 15.2. The summed E-state index contributed by atoms with van der Waals surface area (Å²) in [6.45, 7) is 0. The third-order valence-electron chi connectivity index (χ3n) is 19.8. The van der Waals surface area contributed by atoms with Crippen LogP contribution in [0.3, 0.4) is 0 Å². The second-order valence-electron chi connectivity index (χ2n) is 23.2. The summed E-state index contributed by atoms with van der Waals surface area (Å²) in [6.07, 6.45) is 75.3. The first-order valence-corrected chi connectivity index (χ1v) is 28.1. The van der Waals surface area contributed by atoms with Gasteiger partial charge in [0.25, 0.3) is 0 Å². The van der Waals surface area contributed by atoms with Crippen LogP contribution in [0.5, 0.6) is 0 Å². The molecule has 2 heteroatoms. The van der Waals surface area contributed by atoms with E-state index in [-0.39, 0.29) is 0 Å². The Bertz CT molecular complexity index is 1650. The van der Waals surface area contributed by atoms with Crippen LogP contribution in [0.4, 0.5) is 0 Å². The molecule has 0 aromatic heterocycles. The molecule has 0 amide bonds. The van der Waals surface area contributed by atoms with Gasteiger partial charge in [0.2, 0.25) is 0 Å². The van der Waals surface area contributed by atoms with E-state index in [2.05, 4.69) is 76.6 Å². The molecule has 0 saturated heterocycles. The molecule has 4 fully saturated rings. The molecule has 7 unspecified atom stereocenters. The van der Waals surface area contributed by atoms with Crippen LogP contribution >= 0.6 is 0 Å². The van der Waals surface area contributed by atoms with Crippen LogP contribution in [-0.4, -0.2) is 34.0 Å². The molecular weight excluding hydrogens is 749 g/mol. The largest absolute Gasteiger partial charge is 0.369 e. The molecule has 2 nitrogen and oxygen atoms in total. The molecule has 4 saturated carbocycles. The molecule has 0 aliphatic heterocycles. The number of hydrogen-bond acceptors (Lipinski definition) is 2. The van der Waals surface area contributed by atoms with Crippen LogP contribution in [0.2, 0.25) is 0 Å². The van der Waals surface area contributed by atoms with Crippen molar-refractivity contribution in [3.05, 3.63) is 83.8 Å². The molecule has 10 rings (SSSR count). The van der Waals surface area contributed by atoms with E-state index in [1.165, 1.54) is 212 Å². The Morgan fingerprint density at radius 3 is 1.92 bits per heavy atom. The average Bonchev–Trinajstić information content (AvgIpc) is 3.36. The lowest BCUT2D eigenvalue weighted by Crippen LogP contribution is -2.53. The van der Waals surface area contributed by atoms with E-state index in [9.17, 15) is 0 Å². The topological polar surface area (TPSA) is 6.48 Å². The molecule has 0 N–H and O–H groups in total. The minimum atomic E-state index is 0.603. The van der Waals surface area contributed by atoms with Crippen molar-refractivity contribution in [1.29, 1.82) is 0 Å². The monoisotopic (exact) mass is 839 g/mol. The molecular formula is C60H90N2. The first-order valence-electron chi connectivity index (χ1n) is 28.1. The highest BCUT2D eigenvalue weighted by Crippen LogP contribution is 2.50. The fourth-order valence-corrected chi connectivity index (χ4v) is 16.4. The lowest BCUT2D eigenvalue weighted by molar-refractivity contribution is 0.0244. The van der Waals surface area contributed by atoms with Gasteiger partial charge in [-0.2, -0.15) is 0 Å². The summed E-state index contributed by atoms with van der Waals surface area (Å²) in [7, 11) is 0. The maximum atomic E-state index is 3.24. The average molecular weight is 839 g/mol. The smallest absolute Gasteiger partial charge is 0.0473 e. The van der Waals surface area contributed by atoms with Crippen molar-refractivity contribution in [3.8, 4) is 0 Å². The van der Waals surface area contributed by atoms with Gasteiger partial charge in [-0.05, 0) is 227 Å². The maximum Gasteiger partial charge on any atom is 0.0473 e. The van der Waals surface area contributed by atoms with Gasteiger partial charge in [0.15, 0.2) is 0 Å². The van der Waals surface area contributed by atoms with Crippen molar-refractivity contribution in [2.24, 2.45) is 53.3 Å². The van der Waals surface area contributed by atoms with Crippen LogP contribution in [0.15, 0.2) is 83.8 Å². The molecule has 340 valence electrons. The van der Waals surface area contributed by atoms with Crippen LogP contribution in [0, 0.1) is 53.3 Å². The van der Waals surface area contributed by atoms with Crippen molar-refractivity contribution < 1.29 is 0 Å². The Kier molecular flexibility index (Phi) is 15.1. The molecule has 10 aliphatic rings. The Labute approximate surface area is 381 Å². The Morgan fingerprint density at radius 2 is 1.19 bits per heavy atom. The standard InChI is InChI=1S/C60H90N2/c1-5-17-45(18-6-1)47-29-33-49(34-30-47)51-37-41-55(42-38-51)61(53-21-9-3-10-22-53)59-27-15-13-25-57(59)58-26-14-16-28-60(58)62(54-23-11-4-12-24-54)56-43-39-52(40-44-56)50-35-31-48(32-36-50)46-19-7-2-8-20-46/h1,5-7,17,19,21,28,35,39,43,45-49,51-52,54-59H,2-4,8-16,18,20,22-27,29-34,36-38,40-42,44H2/t45?,46?,47?,48?,49?,51?,52?,55?,56-,57?,58?,59?/m0/s1. The van der Waals surface area contributed by atoms with Crippen molar-refractivity contribution >= 4 is 0 Å². The fraction of sp³-hybridized carbons (Fsp3) is 0.767. The van der Waals surface area contributed by atoms with E-state index in [0.29, 0.717) is 12.0 Å². The summed E-state index contributed by atoms with van der Waals surface area (Å²) >= 11 is 0. The quantitative estimate of drug-likeness (QED) is 0.191. The van der Waals surface area contributed by atoms with E-state index in [1.807, 2.05) is 5.70 Å². The van der Waals surface area contributed by atoms with Gasteiger partial charge in [0, 0.05) is 41.5 Å². The Hall–Kier alpha value is -2.22. The van der Waals surface area contributed by atoms with E-state index < -0.39 is 0 Å². The second-order valence-corrected chi connectivity index (χ2v) is 23.2. The van der Waals surface area contributed by atoms with Gasteiger partial charge >= 0.3 is 0 Å². The van der Waals surface area contributed by atoms with Gasteiger partial charge in [0.05, 0.1) is 0 Å². The predicted molar refractivity (Wildman–Crippen MR) is 263 cm³/mol. The van der Waals surface area contributed by atoms with Crippen molar-refractivity contribution in [1.82, 2.24) is 9.80 Å². The predicted octanol–water partition coefficient (Wildman–Crippen LogP) is 16.5. The first-order chi connectivity index (χ1) is 30.8. The van der Waals surface area contributed by atoms with Crippen LogP contribution < -0.4 is 0 Å². The normalized spacial score (nSPS) is 39.7. The fourth-order valence-electron chi connectivity index (χ4n) is 16.4. The zero-order valence-electron chi connectivity index (χ0n) is 39.6. The zero-order chi connectivity index (χ0) is 41.5. The molecule has 0 aromatic rings. The van der Waals surface area contributed by atoms with Crippen molar-refractivity contribution in [2.45, 2.75) is 236 Å². The van der Waals surface area contributed by atoms with Gasteiger partial charge < -0.3 is 9.80 Å². The Morgan fingerprint density at radius 1 is 0.419 bits per heavy atom. The van der Waals surface area contributed by atoms with Crippen LogP contribution in [0.1, 0.15) is 212 Å². The molecule has 8 atom stereocenters. The maximum absolute atomic E-state index is 3.24. The van der Waals surface area contributed by atoms with Crippen LogP contribution in [-0.2, 0) is 0 Å². The molecule has 0 spiro atoms. The lowest BCUT2D eigenvalue weighted by Gasteiger charge is -2.54. The van der Waals surface area contributed by atoms with E-state index >= 15 is 0 Å². The number of hydrogen-bond donors (Lipinski definition) is 0. The molecule has 10 aliphatic carbocycles. The molecule has 0 bridgehead atoms. The molecule has 0 radical (unpaired) electrons. The van der Waals surface area contributed by atoms with Gasteiger partial charge in [-0.25, -0.2) is 0 Å². The number of rotatable bonds is 11. The van der Waals surface area contributed by atoms with Gasteiger partial charge in [0.1, 0.15) is 0 Å². The summed E-state index contributed by atoms with van der Waals surface area (Å²) in [6, 6.07) is 2.88. The van der Waals surface area contributed by atoms with Gasteiger partial charge in [-0.3, -0.25) is 0 Å². The van der Waals surface area contributed by atoms with Gasteiger partial charge in [-0.1, -0.05) is 105 Å². The highest BCUT2D eigenvalue weighted by molar-refractivity contribution is 5.24. The third-order valence-corrected chi connectivity index (χ3v) is 19.8. The van der Waals surface area contributed by atoms with E-state index in [0.717, 1.165) is 65.5 Å². The van der Waals surface area contributed by atoms with Crippen molar-refractivity contribution in [3.63, 3.8) is 0 Å². The minimum Gasteiger partial charge on any atom is -0.369 e. The third kappa shape index (κ3) is 10.1. The second kappa shape index (κ2) is 21.4. The summed E-state index contributed by atoms with van der Waals surface area (Å²) in [5.74, 6) is 7.76. The zero-order valence-corrected chi connectivity index (χ0v) is 39.6.